The molecule has 0 aliphatic carbocycles. The van der Waals surface area contributed by atoms with Gasteiger partial charge >= 0.3 is 0 Å². The molecule has 0 radical (unpaired) electrons. The number of ether oxygens (including phenoxy) is 2. The van der Waals surface area contributed by atoms with Gasteiger partial charge in [-0.25, -0.2) is 0 Å². The average molecular weight is 402 g/mol. The van der Waals surface area contributed by atoms with E-state index in [0.717, 1.165) is 12.1 Å². The standard InChI is InChI=1S/C21H27N3O3S/c1-4-6-7-15-8-11-17(12-9-15)22-21(28)24-23-20(25)16-10-13-18(27-5-2)19(14-16)26-3/h8-14H,4-7H2,1-3H3,(H,23,25)(H2,22,24,28). The van der Waals surface area contributed by atoms with Crippen LogP contribution in [0.1, 0.15) is 42.6 Å². The van der Waals surface area contributed by atoms with E-state index in [4.69, 9.17) is 21.7 Å². The van der Waals surface area contributed by atoms with Crippen LogP contribution in [0.3, 0.4) is 0 Å². The first kappa shape index (κ1) is 21.5. The number of hydrazine groups is 1. The molecule has 0 heterocycles. The highest BCUT2D eigenvalue weighted by Crippen LogP contribution is 2.27. The van der Waals surface area contributed by atoms with Crippen LogP contribution in [-0.2, 0) is 6.42 Å². The Morgan fingerprint density at radius 1 is 1.04 bits per heavy atom. The maximum absolute atomic E-state index is 12.3. The van der Waals surface area contributed by atoms with Gasteiger partial charge in [0.2, 0.25) is 0 Å². The molecule has 28 heavy (non-hydrogen) atoms. The lowest BCUT2D eigenvalue weighted by atomic mass is 10.1. The number of carbonyl (C=O) groups is 1. The number of nitrogens with one attached hydrogen (secondary N) is 3. The van der Waals surface area contributed by atoms with Gasteiger partial charge in [-0.3, -0.25) is 15.6 Å². The van der Waals surface area contributed by atoms with Gasteiger partial charge in [-0.15, -0.1) is 0 Å². The first-order valence-electron chi connectivity index (χ1n) is 9.34. The Labute approximate surface area is 171 Å². The van der Waals surface area contributed by atoms with Crippen molar-refractivity contribution in [3.8, 4) is 11.5 Å². The summed E-state index contributed by atoms with van der Waals surface area (Å²) in [6.07, 6.45) is 3.42. The zero-order valence-electron chi connectivity index (χ0n) is 16.5. The first-order valence-corrected chi connectivity index (χ1v) is 9.75. The second-order valence-corrected chi connectivity index (χ2v) is 6.54. The summed E-state index contributed by atoms with van der Waals surface area (Å²) in [6, 6.07) is 13.1. The molecule has 150 valence electrons. The third-order valence-corrected chi connectivity index (χ3v) is 4.25. The summed E-state index contributed by atoms with van der Waals surface area (Å²) in [7, 11) is 1.53. The van der Waals surface area contributed by atoms with Crippen LogP contribution in [0.25, 0.3) is 0 Å². The van der Waals surface area contributed by atoms with Gasteiger partial charge in [-0.2, -0.15) is 0 Å². The fourth-order valence-electron chi connectivity index (χ4n) is 2.57. The van der Waals surface area contributed by atoms with Crippen LogP contribution in [0.15, 0.2) is 42.5 Å². The average Bonchev–Trinajstić information content (AvgIpc) is 2.72. The molecule has 0 aliphatic heterocycles. The molecule has 0 spiro atoms. The predicted molar refractivity (Wildman–Crippen MR) is 116 cm³/mol. The van der Waals surface area contributed by atoms with Gasteiger partial charge in [-0.05, 0) is 67.9 Å². The summed E-state index contributed by atoms with van der Waals surface area (Å²) in [4.78, 5) is 12.3. The number of carbonyl (C=O) groups excluding carboxylic acids is 1. The molecule has 2 rings (SSSR count). The van der Waals surface area contributed by atoms with Gasteiger partial charge < -0.3 is 14.8 Å². The Balaban J connectivity index is 1.87. The second kappa shape index (κ2) is 11.1. The quantitative estimate of drug-likeness (QED) is 0.458. The van der Waals surface area contributed by atoms with E-state index in [1.807, 2.05) is 19.1 Å². The molecule has 0 bridgehead atoms. The monoisotopic (exact) mass is 401 g/mol. The van der Waals surface area contributed by atoms with Crippen molar-refractivity contribution in [2.75, 3.05) is 19.0 Å². The molecule has 0 aromatic heterocycles. The molecule has 6 nitrogen and oxygen atoms in total. The van der Waals surface area contributed by atoms with E-state index in [0.29, 0.717) is 28.8 Å². The lowest BCUT2D eigenvalue weighted by Gasteiger charge is -2.13. The summed E-state index contributed by atoms with van der Waals surface area (Å²) in [5.41, 5.74) is 7.85. The minimum absolute atomic E-state index is 0.299. The smallest absolute Gasteiger partial charge is 0.269 e. The van der Waals surface area contributed by atoms with E-state index >= 15 is 0 Å². The highest BCUT2D eigenvalue weighted by Gasteiger charge is 2.11. The number of hydrogen-bond acceptors (Lipinski definition) is 4. The van der Waals surface area contributed by atoms with Crippen molar-refractivity contribution in [1.29, 1.82) is 0 Å². The van der Waals surface area contributed by atoms with Gasteiger partial charge in [0, 0.05) is 11.3 Å². The number of amides is 1. The maximum Gasteiger partial charge on any atom is 0.269 e. The van der Waals surface area contributed by atoms with Crippen LogP contribution in [0.4, 0.5) is 5.69 Å². The Bertz CT molecular complexity index is 794. The molecule has 0 unspecified atom stereocenters. The second-order valence-electron chi connectivity index (χ2n) is 6.13. The Morgan fingerprint density at radius 3 is 2.43 bits per heavy atom. The zero-order valence-corrected chi connectivity index (χ0v) is 17.3. The van der Waals surface area contributed by atoms with E-state index in [-0.39, 0.29) is 5.91 Å². The van der Waals surface area contributed by atoms with Crippen LogP contribution >= 0.6 is 12.2 Å². The van der Waals surface area contributed by atoms with Crippen molar-refractivity contribution in [1.82, 2.24) is 10.9 Å². The van der Waals surface area contributed by atoms with E-state index in [1.165, 1.54) is 25.5 Å². The van der Waals surface area contributed by atoms with Crippen molar-refractivity contribution >= 4 is 28.9 Å². The number of anilines is 1. The molecule has 1 amide bonds. The van der Waals surface area contributed by atoms with Crippen molar-refractivity contribution in [3.05, 3.63) is 53.6 Å². The fourth-order valence-corrected chi connectivity index (χ4v) is 2.74. The molecule has 0 saturated carbocycles. The van der Waals surface area contributed by atoms with Crippen LogP contribution in [0.5, 0.6) is 11.5 Å². The van der Waals surface area contributed by atoms with E-state index < -0.39 is 0 Å². The molecule has 0 fully saturated rings. The van der Waals surface area contributed by atoms with Crippen molar-refractivity contribution in [3.63, 3.8) is 0 Å². The molecular formula is C21H27N3O3S. The number of methoxy groups -OCH3 is 1. The lowest BCUT2D eigenvalue weighted by Crippen LogP contribution is -2.43. The van der Waals surface area contributed by atoms with Gasteiger partial charge in [0.15, 0.2) is 16.6 Å². The van der Waals surface area contributed by atoms with Crippen LogP contribution in [0, 0.1) is 0 Å². The Morgan fingerprint density at radius 2 is 1.79 bits per heavy atom. The Kier molecular flexibility index (Phi) is 8.55. The normalized spacial score (nSPS) is 10.1. The van der Waals surface area contributed by atoms with E-state index in [1.54, 1.807) is 18.2 Å². The topological polar surface area (TPSA) is 71.6 Å². The van der Waals surface area contributed by atoms with Gasteiger partial charge in [0.25, 0.3) is 5.91 Å². The van der Waals surface area contributed by atoms with Gasteiger partial charge in [0.05, 0.1) is 13.7 Å². The molecule has 7 heteroatoms. The highest BCUT2D eigenvalue weighted by molar-refractivity contribution is 7.80. The predicted octanol–water partition coefficient (Wildman–Crippen LogP) is 4.07. The summed E-state index contributed by atoms with van der Waals surface area (Å²) in [5, 5.41) is 3.34. The van der Waals surface area contributed by atoms with Crippen molar-refractivity contribution < 1.29 is 14.3 Å². The summed E-state index contributed by atoms with van der Waals surface area (Å²) in [6.45, 7) is 4.58. The summed E-state index contributed by atoms with van der Waals surface area (Å²) >= 11 is 5.23. The van der Waals surface area contributed by atoms with Crippen LogP contribution < -0.4 is 25.6 Å². The summed E-state index contributed by atoms with van der Waals surface area (Å²) < 4.78 is 10.7. The third kappa shape index (κ3) is 6.42. The number of aryl methyl sites for hydroxylation is 1. The molecule has 3 N–H and O–H groups in total. The number of thiocarbonyl (C=S) groups is 1. The highest BCUT2D eigenvalue weighted by atomic mass is 32.1. The number of hydrogen-bond donors (Lipinski definition) is 3. The van der Waals surface area contributed by atoms with Gasteiger partial charge in [-0.1, -0.05) is 25.5 Å². The van der Waals surface area contributed by atoms with Crippen molar-refractivity contribution in [2.45, 2.75) is 33.1 Å². The van der Waals surface area contributed by atoms with Gasteiger partial charge in [0.1, 0.15) is 0 Å². The minimum atomic E-state index is -0.333. The molecule has 0 saturated heterocycles. The third-order valence-electron chi connectivity index (χ3n) is 4.05. The number of rotatable bonds is 8. The number of benzene rings is 2. The largest absolute Gasteiger partial charge is 0.493 e. The molecule has 0 aliphatic rings. The van der Waals surface area contributed by atoms with Crippen LogP contribution in [0.2, 0.25) is 0 Å². The van der Waals surface area contributed by atoms with E-state index in [2.05, 4.69) is 35.2 Å². The van der Waals surface area contributed by atoms with E-state index in [9.17, 15) is 4.79 Å². The number of unbranched alkanes of at least 4 members (excludes halogenated alkanes) is 1. The zero-order chi connectivity index (χ0) is 20.4. The van der Waals surface area contributed by atoms with Crippen molar-refractivity contribution in [2.24, 2.45) is 0 Å². The lowest BCUT2D eigenvalue weighted by molar-refractivity contribution is 0.0943. The summed E-state index contributed by atoms with van der Waals surface area (Å²) in [5.74, 6) is 0.757. The SMILES string of the molecule is CCCCc1ccc(NC(=S)NNC(=O)c2ccc(OCC)c(OC)c2)cc1. The first-order chi connectivity index (χ1) is 13.6. The maximum atomic E-state index is 12.3. The minimum Gasteiger partial charge on any atom is -0.493 e. The molecule has 2 aromatic rings. The molecule has 0 atom stereocenters. The molecular weight excluding hydrogens is 374 g/mol. The van der Waals surface area contributed by atoms with Crippen LogP contribution in [-0.4, -0.2) is 24.7 Å². The Hall–Kier alpha value is -2.80. The molecule has 2 aromatic carbocycles. The fraction of sp³-hybridized carbons (Fsp3) is 0.333.